The van der Waals surface area contributed by atoms with Crippen LogP contribution in [0.3, 0.4) is 0 Å². The van der Waals surface area contributed by atoms with Gasteiger partial charge in [-0.3, -0.25) is 9.69 Å². The van der Waals surface area contributed by atoms with Crippen LogP contribution in [0.1, 0.15) is 22.9 Å². The van der Waals surface area contributed by atoms with E-state index in [2.05, 4.69) is 0 Å². The topological polar surface area (TPSA) is 71.5 Å². The van der Waals surface area contributed by atoms with Gasteiger partial charge in [-0.1, -0.05) is 6.07 Å². The van der Waals surface area contributed by atoms with E-state index in [-0.39, 0.29) is 37.5 Å². The lowest BCUT2D eigenvalue weighted by Gasteiger charge is -2.37. The predicted octanol–water partition coefficient (Wildman–Crippen LogP) is 2.74. The van der Waals surface area contributed by atoms with Crippen LogP contribution in [0, 0.1) is 5.82 Å². The molecule has 2 aromatic rings. The van der Waals surface area contributed by atoms with Crippen LogP contribution in [0.2, 0.25) is 0 Å². The van der Waals surface area contributed by atoms with Crippen LogP contribution in [-0.2, 0) is 20.7 Å². The smallest absolute Gasteiger partial charge is 0.237 e. The molecule has 1 aliphatic rings. The van der Waals surface area contributed by atoms with Crippen LogP contribution in [0.25, 0.3) is 0 Å². The monoisotopic (exact) mass is 480 g/mol. The highest BCUT2D eigenvalue weighted by atomic mass is 32.1. The zero-order valence-electron chi connectivity index (χ0n) is 19.2. The number of aliphatic hydroxyl groups excluding tert-OH is 1. The van der Waals surface area contributed by atoms with E-state index in [9.17, 15) is 14.3 Å². The lowest BCUT2D eigenvalue weighted by atomic mass is 10.0. The van der Waals surface area contributed by atoms with Gasteiger partial charge in [-0.25, -0.2) is 4.39 Å². The van der Waals surface area contributed by atoms with E-state index in [1.165, 1.54) is 17.0 Å². The summed E-state index contributed by atoms with van der Waals surface area (Å²) in [5.41, 5.74) is 1.08. The van der Waals surface area contributed by atoms with Crippen molar-refractivity contribution in [1.82, 2.24) is 9.80 Å². The van der Waals surface area contributed by atoms with Crippen molar-refractivity contribution < 1.29 is 28.5 Å². The number of halogens is 1. The molecule has 0 spiro atoms. The number of hydrogen-bond acceptors (Lipinski definition) is 7. The van der Waals surface area contributed by atoms with Gasteiger partial charge in [0.15, 0.2) is 0 Å². The molecule has 182 valence electrons. The zero-order valence-corrected chi connectivity index (χ0v) is 20.1. The van der Waals surface area contributed by atoms with Gasteiger partial charge in [0, 0.05) is 51.4 Å². The molecule has 1 aromatic carbocycles. The van der Waals surface area contributed by atoms with Crippen molar-refractivity contribution >= 4 is 17.2 Å². The van der Waals surface area contributed by atoms with Gasteiger partial charge < -0.3 is 24.2 Å². The molecule has 2 unspecified atom stereocenters. The van der Waals surface area contributed by atoms with Crippen LogP contribution in [0.5, 0.6) is 5.75 Å². The molecule has 3 rings (SSSR count). The van der Waals surface area contributed by atoms with Crippen molar-refractivity contribution in [1.29, 1.82) is 0 Å². The summed E-state index contributed by atoms with van der Waals surface area (Å²) in [5, 5.41) is 12.2. The van der Waals surface area contributed by atoms with Gasteiger partial charge in [-0.15, -0.1) is 11.3 Å². The number of ether oxygens (including phenoxy) is 3. The summed E-state index contributed by atoms with van der Waals surface area (Å²) in [6.07, 6.45) is 0.873. The standard InChI is InChI=1S/C24H33FN2O5S/c1-30-11-4-9-26(14-19(28)16-31-2)15-24(29)27-10-7-23-21(8-12-33-23)22(27)17-32-20-6-3-5-18(25)13-20/h3,5-6,8,12-13,19,22,28H,4,7,9-11,14-17H2,1-2H3. The average Bonchev–Trinajstić information content (AvgIpc) is 3.27. The van der Waals surface area contributed by atoms with Crippen LogP contribution < -0.4 is 4.74 Å². The number of amides is 1. The number of carbonyl (C=O) groups excluding carboxylic acids is 1. The maximum absolute atomic E-state index is 13.6. The molecule has 0 aliphatic carbocycles. The number of hydrogen-bond donors (Lipinski definition) is 1. The van der Waals surface area contributed by atoms with Crippen molar-refractivity contribution in [3.8, 4) is 5.75 Å². The third kappa shape index (κ3) is 7.48. The second-order valence-electron chi connectivity index (χ2n) is 8.11. The van der Waals surface area contributed by atoms with E-state index in [1.807, 2.05) is 21.2 Å². The van der Waals surface area contributed by atoms with Crippen molar-refractivity contribution in [2.75, 3.05) is 60.2 Å². The number of thiophene rings is 1. The molecule has 0 radical (unpaired) electrons. The van der Waals surface area contributed by atoms with Gasteiger partial charge in [0.2, 0.25) is 5.91 Å². The fraction of sp³-hybridized carbons (Fsp3) is 0.542. The molecule has 0 bridgehead atoms. The lowest BCUT2D eigenvalue weighted by Crippen LogP contribution is -2.48. The first kappa shape index (κ1) is 25.6. The number of nitrogens with zero attached hydrogens (tertiary/aromatic N) is 2. The molecule has 0 saturated heterocycles. The molecular formula is C24H33FN2O5S. The molecule has 0 fully saturated rings. The molecular weight excluding hydrogens is 447 g/mol. The van der Waals surface area contributed by atoms with Gasteiger partial charge in [0.25, 0.3) is 0 Å². The Morgan fingerprint density at radius 1 is 1.33 bits per heavy atom. The summed E-state index contributed by atoms with van der Waals surface area (Å²) in [6.45, 7) is 2.78. The molecule has 33 heavy (non-hydrogen) atoms. The van der Waals surface area contributed by atoms with Gasteiger partial charge in [0.05, 0.1) is 25.3 Å². The summed E-state index contributed by atoms with van der Waals surface area (Å²) < 4.78 is 29.7. The molecule has 1 aromatic heterocycles. The van der Waals surface area contributed by atoms with E-state index < -0.39 is 6.10 Å². The number of carbonyl (C=O) groups is 1. The fourth-order valence-corrected chi connectivity index (χ4v) is 5.03. The Labute approximate surface area is 198 Å². The Hall–Kier alpha value is -2.04. The SMILES string of the molecule is COCCCN(CC(=O)N1CCc2sccc2C1COc1cccc(F)c1)CC(O)COC. The molecule has 0 saturated carbocycles. The van der Waals surface area contributed by atoms with Gasteiger partial charge in [-0.05, 0) is 42.0 Å². The van der Waals surface area contributed by atoms with Crippen LogP contribution >= 0.6 is 11.3 Å². The zero-order chi connectivity index (χ0) is 23.6. The van der Waals surface area contributed by atoms with Crippen LogP contribution in [-0.4, -0.2) is 87.1 Å². The number of fused-ring (bicyclic) bond motifs is 1. The highest BCUT2D eigenvalue weighted by molar-refractivity contribution is 7.10. The summed E-state index contributed by atoms with van der Waals surface area (Å²) in [4.78, 5) is 18.5. The normalized spacial score (nSPS) is 16.6. The number of aliphatic hydroxyl groups is 1. The summed E-state index contributed by atoms with van der Waals surface area (Å²) in [6, 6.07) is 7.82. The van der Waals surface area contributed by atoms with Crippen molar-refractivity contribution in [3.05, 3.63) is 52.0 Å². The Balaban J connectivity index is 1.70. The molecule has 1 amide bonds. The molecule has 9 heteroatoms. The largest absolute Gasteiger partial charge is 0.491 e. The first-order chi connectivity index (χ1) is 16.0. The van der Waals surface area contributed by atoms with E-state index in [4.69, 9.17) is 14.2 Å². The third-order valence-electron chi connectivity index (χ3n) is 5.63. The van der Waals surface area contributed by atoms with Crippen LogP contribution in [0.15, 0.2) is 35.7 Å². The minimum absolute atomic E-state index is 0.0262. The Morgan fingerprint density at radius 2 is 2.18 bits per heavy atom. The minimum Gasteiger partial charge on any atom is -0.491 e. The summed E-state index contributed by atoms with van der Waals surface area (Å²) in [5.74, 6) is 0.0528. The van der Waals surface area contributed by atoms with Gasteiger partial charge in [-0.2, -0.15) is 0 Å². The van der Waals surface area contributed by atoms with E-state index in [1.54, 1.807) is 37.7 Å². The van der Waals surface area contributed by atoms with Gasteiger partial charge >= 0.3 is 0 Å². The van der Waals surface area contributed by atoms with E-state index >= 15 is 0 Å². The van der Waals surface area contributed by atoms with Crippen molar-refractivity contribution in [2.45, 2.75) is 25.0 Å². The Kier molecular flexibility index (Phi) is 10.1. The second kappa shape index (κ2) is 13.0. The number of rotatable bonds is 13. The maximum atomic E-state index is 13.6. The Bertz CT molecular complexity index is 880. The Morgan fingerprint density at radius 3 is 2.94 bits per heavy atom. The van der Waals surface area contributed by atoms with Gasteiger partial charge in [0.1, 0.15) is 18.2 Å². The van der Waals surface area contributed by atoms with E-state index in [0.717, 1.165) is 18.4 Å². The maximum Gasteiger partial charge on any atom is 0.237 e. The van der Waals surface area contributed by atoms with Crippen LogP contribution in [0.4, 0.5) is 4.39 Å². The molecule has 1 aliphatic heterocycles. The quantitative estimate of drug-likeness (QED) is 0.445. The highest BCUT2D eigenvalue weighted by Gasteiger charge is 2.33. The first-order valence-electron chi connectivity index (χ1n) is 11.1. The third-order valence-corrected chi connectivity index (χ3v) is 6.63. The first-order valence-corrected chi connectivity index (χ1v) is 12.0. The lowest BCUT2D eigenvalue weighted by molar-refractivity contribution is -0.136. The summed E-state index contributed by atoms with van der Waals surface area (Å²) in [7, 11) is 3.18. The molecule has 7 nitrogen and oxygen atoms in total. The molecule has 2 atom stereocenters. The molecule has 1 N–H and O–H groups in total. The minimum atomic E-state index is -0.678. The highest BCUT2D eigenvalue weighted by Crippen LogP contribution is 2.34. The second-order valence-corrected chi connectivity index (χ2v) is 9.11. The van der Waals surface area contributed by atoms with Crippen molar-refractivity contribution in [3.63, 3.8) is 0 Å². The fourth-order valence-electron chi connectivity index (χ4n) is 4.10. The molecule has 2 heterocycles. The summed E-state index contributed by atoms with van der Waals surface area (Å²) >= 11 is 1.68. The average molecular weight is 481 g/mol. The predicted molar refractivity (Wildman–Crippen MR) is 125 cm³/mol. The van der Waals surface area contributed by atoms with E-state index in [0.29, 0.717) is 32.0 Å². The number of benzene rings is 1. The van der Waals surface area contributed by atoms with Crippen molar-refractivity contribution in [2.24, 2.45) is 0 Å². The number of methoxy groups -OCH3 is 2.